The van der Waals surface area contributed by atoms with Crippen molar-refractivity contribution in [3.8, 4) is 0 Å². The molecule has 0 unspecified atom stereocenters. The molecule has 12 nitrogen and oxygen atoms in total. The lowest BCUT2D eigenvalue weighted by atomic mass is 9.93. The van der Waals surface area contributed by atoms with E-state index in [0.29, 0.717) is 30.6 Å². The van der Waals surface area contributed by atoms with E-state index in [9.17, 15) is 13.2 Å². The Labute approximate surface area is 200 Å². The Morgan fingerprint density at radius 2 is 2.06 bits per heavy atom. The first-order valence-corrected chi connectivity index (χ1v) is 12.8. The quantitative estimate of drug-likeness (QED) is 0.560. The van der Waals surface area contributed by atoms with Crippen LogP contribution >= 0.6 is 0 Å². The molecule has 188 valence electrons. The summed E-state index contributed by atoms with van der Waals surface area (Å²) in [6.45, 7) is 11.3. The van der Waals surface area contributed by atoms with E-state index < -0.39 is 15.6 Å². The second-order valence-corrected chi connectivity index (χ2v) is 11.7. The lowest BCUT2D eigenvalue weighted by Crippen LogP contribution is -2.45. The van der Waals surface area contributed by atoms with Gasteiger partial charge in [-0.15, -0.1) is 5.10 Å². The molecule has 3 heterocycles. The fraction of sp³-hybridized carbons (Fsp3) is 0.667. The molecule has 3 rings (SSSR count). The standard InChI is InChI=1S/C21H34N8O4S/c1-20(2,3)33-19(30)28-14-15(12-21(28,4)5)8-7-11-29-17(25-26-27-29)13-23-16-9-6-10-18(24-16)34(22,31)32/h6,9-10,15H,7-8,11-14H2,1-5H3,(H,23,24)(H2,22,31,32)/t15-/m0/s1. The van der Waals surface area contributed by atoms with Crippen LogP contribution < -0.4 is 10.5 Å². The molecular weight excluding hydrogens is 460 g/mol. The van der Waals surface area contributed by atoms with Crippen molar-refractivity contribution in [1.29, 1.82) is 0 Å². The molecule has 2 aromatic heterocycles. The second kappa shape index (κ2) is 9.82. The van der Waals surface area contributed by atoms with Crippen molar-refractivity contribution in [3.05, 3.63) is 24.0 Å². The minimum Gasteiger partial charge on any atom is -0.444 e. The third-order valence-electron chi connectivity index (χ3n) is 5.60. The third kappa shape index (κ3) is 6.86. The van der Waals surface area contributed by atoms with Crippen molar-refractivity contribution in [2.75, 3.05) is 11.9 Å². The molecular formula is C21H34N8O4S. The van der Waals surface area contributed by atoms with Gasteiger partial charge in [0.15, 0.2) is 10.9 Å². The summed E-state index contributed by atoms with van der Waals surface area (Å²) in [6.07, 6.45) is 2.41. The van der Waals surface area contributed by atoms with Gasteiger partial charge in [-0.1, -0.05) is 6.07 Å². The number of sulfonamides is 1. The van der Waals surface area contributed by atoms with Crippen LogP contribution in [0.1, 0.15) is 59.7 Å². The predicted octanol–water partition coefficient (Wildman–Crippen LogP) is 2.14. The molecule has 0 bridgehead atoms. The van der Waals surface area contributed by atoms with Crippen molar-refractivity contribution in [1.82, 2.24) is 30.1 Å². The van der Waals surface area contributed by atoms with E-state index in [0.717, 1.165) is 19.3 Å². The third-order valence-corrected chi connectivity index (χ3v) is 6.41. The number of hydrogen-bond donors (Lipinski definition) is 2. The molecule has 34 heavy (non-hydrogen) atoms. The van der Waals surface area contributed by atoms with Gasteiger partial charge in [-0.2, -0.15) is 0 Å². The molecule has 0 spiro atoms. The van der Waals surface area contributed by atoms with Crippen molar-refractivity contribution in [2.45, 2.75) is 83.1 Å². The van der Waals surface area contributed by atoms with Crippen LogP contribution in [0.3, 0.4) is 0 Å². The normalized spacial score (nSPS) is 18.2. The van der Waals surface area contributed by atoms with Crippen LogP contribution in [0, 0.1) is 5.92 Å². The van der Waals surface area contributed by atoms with Crippen LogP contribution in [-0.4, -0.2) is 62.3 Å². The molecule has 1 aliphatic rings. The first-order chi connectivity index (χ1) is 15.7. The number of primary sulfonamides is 1. The first-order valence-electron chi connectivity index (χ1n) is 11.2. The van der Waals surface area contributed by atoms with Gasteiger partial charge in [0.25, 0.3) is 10.0 Å². The number of carbonyl (C=O) groups excluding carboxylic acids is 1. The van der Waals surface area contributed by atoms with Crippen molar-refractivity contribution in [3.63, 3.8) is 0 Å². The molecule has 1 aliphatic heterocycles. The fourth-order valence-corrected chi connectivity index (χ4v) is 4.61. The first kappa shape index (κ1) is 25.8. The van der Waals surface area contributed by atoms with Crippen molar-refractivity contribution in [2.24, 2.45) is 11.1 Å². The number of carbonyl (C=O) groups is 1. The van der Waals surface area contributed by atoms with Crippen molar-refractivity contribution >= 4 is 21.9 Å². The van der Waals surface area contributed by atoms with E-state index in [-0.39, 0.29) is 23.2 Å². The Hall–Kier alpha value is -2.80. The Bertz CT molecular complexity index is 1110. The van der Waals surface area contributed by atoms with E-state index in [1.165, 1.54) is 6.07 Å². The van der Waals surface area contributed by atoms with Crippen LogP contribution in [0.2, 0.25) is 0 Å². The zero-order valence-electron chi connectivity index (χ0n) is 20.4. The lowest BCUT2D eigenvalue weighted by Gasteiger charge is -2.33. The number of tetrazole rings is 1. The van der Waals surface area contributed by atoms with Gasteiger partial charge < -0.3 is 15.0 Å². The minimum absolute atomic E-state index is 0.211. The highest BCUT2D eigenvalue weighted by atomic mass is 32.2. The van der Waals surface area contributed by atoms with E-state index in [2.05, 4.69) is 39.7 Å². The van der Waals surface area contributed by atoms with E-state index in [4.69, 9.17) is 9.88 Å². The van der Waals surface area contributed by atoms with Crippen LogP contribution in [0.25, 0.3) is 0 Å². The number of aryl methyl sites for hydroxylation is 1. The maximum Gasteiger partial charge on any atom is 0.410 e. The topological polar surface area (TPSA) is 158 Å². The molecule has 1 fully saturated rings. The minimum atomic E-state index is -3.88. The molecule has 0 saturated carbocycles. The largest absolute Gasteiger partial charge is 0.444 e. The molecule has 3 N–H and O–H groups in total. The van der Waals surface area contributed by atoms with E-state index >= 15 is 0 Å². The van der Waals surface area contributed by atoms with Gasteiger partial charge in [0, 0.05) is 18.6 Å². The summed E-state index contributed by atoms with van der Waals surface area (Å²) >= 11 is 0. The summed E-state index contributed by atoms with van der Waals surface area (Å²) in [5, 5.41) is 19.8. The van der Waals surface area contributed by atoms with Crippen LogP contribution in [0.4, 0.5) is 10.6 Å². The Kier molecular flexibility index (Phi) is 7.46. The second-order valence-electron chi connectivity index (χ2n) is 10.2. The summed E-state index contributed by atoms with van der Waals surface area (Å²) in [5.41, 5.74) is -0.777. The summed E-state index contributed by atoms with van der Waals surface area (Å²) in [4.78, 5) is 18.4. The zero-order valence-corrected chi connectivity index (χ0v) is 21.2. The Morgan fingerprint density at radius 1 is 1.32 bits per heavy atom. The van der Waals surface area contributed by atoms with Crippen LogP contribution in [0.5, 0.6) is 0 Å². The fourth-order valence-electron chi connectivity index (χ4n) is 4.11. The van der Waals surface area contributed by atoms with E-state index in [1.54, 1.807) is 16.8 Å². The van der Waals surface area contributed by atoms with Gasteiger partial charge in [0.05, 0.1) is 6.54 Å². The number of amides is 1. The summed E-state index contributed by atoms with van der Waals surface area (Å²) in [5.74, 6) is 1.33. The molecule has 1 atom stereocenters. The lowest BCUT2D eigenvalue weighted by molar-refractivity contribution is 0.0130. The summed E-state index contributed by atoms with van der Waals surface area (Å²) in [6, 6.07) is 4.53. The molecule has 2 aromatic rings. The maximum atomic E-state index is 12.6. The Morgan fingerprint density at radius 3 is 2.74 bits per heavy atom. The maximum absolute atomic E-state index is 12.6. The number of pyridine rings is 1. The highest BCUT2D eigenvalue weighted by molar-refractivity contribution is 7.89. The number of nitrogens with two attached hydrogens (primary N) is 1. The number of anilines is 1. The smallest absolute Gasteiger partial charge is 0.410 e. The van der Waals surface area contributed by atoms with Gasteiger partial charge in [-0.3, -0.25) is 0 Å². The number of rotatable bonds is 8. The average molecular weight is 495 g/mol. The molecule has 0 radical (unpaired) electrons. The molecule has 0 aromatic carbocycles. The van der Waals surface area contributed by atoms with Gasteiger partial charge >= 0.3 is 6.09 Å². The number of nitrogens with zero attached hydrogens (tertiary/aromatic N) is 6. The average Bonchev–Trinajstić information content (AvgIpc) is 3.27. The summed E-state index contributed by atoms with van der Waals surface area (Å²) in [7, 11) is -3.88. The monoisotopic (exact) mass is 494 g/mol. The van der Waals surface area contributed by atoms with Gasteiger partial charge in [0.1, 0.15) is 11.4 Å². The number of nitrogens with one attached hydrogen (secondary N) is 1. The predicted molar refractivity (Wildman–Crippen MR) is 125 cm³/mol. The van der Waals surface area contributed by atoms with Crippen LogP contribution in [0.15, 0.2) is 23.2 Å². The van der Waals surface area contributed by atoms with Crippen molar-refractivity contribution < 1.29 is 17.9 Å². The summed E-state index contributed by atoms with van der Waals surface area (Å²) < 4.78 is 30.2. The molecule has 0 aliphatic carbocycles. The number of aromatic nitrogens is 5. The number of ether oxygens (including phenoxy) is 1. The molecule has 1 saturated heterocycles. The highest BCUT2D eigenvalue weighted by Gasteiger charge is 2.42. The zero-order chi connectivity index (χ0) is 25.1. The Balaban J connectivity index is 1.52. The number of likely N-dealkylation sites (tertiary alicyclic amines) is 1. The van der Waals surface area contributed by atoms with Gasteiger partial charge in [0.2, 0.25) is 0 Å². The van der Waals surface area contributed by atoms with E-state index in [1.807, 2.05) is 25.7 Å². The molecule has 1 amide bonds. The highest BCUT2D eigenvalue weighted by Crippen LogP contribution is 2.36. The molecule has 13 heteroatoms. The van der Waals surface area contributed by atoms with Gasteiger partial charge in [-0.25, -0.2) is 28.0 Å². The van der Waals surface area contributed by atoms with Crippen LogP contribution in [-0.2, 0) is 27.8 Å². The number of hydrogen-bond acceptors (Lipinski definition) is 9. The SMILES string of the molecule is CC(C)(C)OC(=O)N1C[C@@H](CCCn2nnnc2CNc2cccc(S(N)(=O)=O)n2)CC1(C)C. The van der Waals surface area contributed by atoms with Gasteiger partial charge in [-0.05, 0) is 82.4 Å².